The molecule has 2 N–H and O–H groups in total. The van der Waals surface area contributed by atoms with E-state index in [2.05, 4.69) is 15.6 Å². The van der Waals surface area contributed by atoms with Gasteiger partial charge < -0.3 is 15.4 Å². The van der Waals surface area contributed by atoms with Crippen molar-refractivity contribution in [3.63, 3.8) is 0 Å². The Labute approximate surface area is 157 Å². The standard InChI is InChI=1S/C21H20FN3O2/c1-27-19-8-3-2-5-15(19)11-12-23-20-10-9-16(14-24-20)21(26)25-18-7-4-6-17(22)13-18/h2-10,13-14H,11-12H2,1H3,(H,23,24)(H,25,26). The molecule has 0 atom stereocenters. The first-order valence-electron chi connectivity index (χ1n) is 8.54. The monoisotopic (exact) mass is 365 g/mol. The first-order chi connectivity index (χ1) is 13.2. The zero-order valence-electron chi connectivity index (χ0n) is 14.9. The maximum absolute atomic E-state index is 13.2. The van der Waals surface area contributed by atoms with Crippen LogP contribution in [0.4, 0.5) is 15.9 Å². The number of carbonyl (C=O) groups is 1. The van der Waals surface area contributed by atoms with E-state index < -0.39 is 5.82 Å². The number of halogens is 1. The average molecular weight is 365 g/mol. The van der Waals surface area contributed by atoms with Crippen molar-refractivity contribution in [1.29, 1.82) is 0 Å². The second-order valence-corrected chi connectivity index (χ2v) is 5.89. The number of pyridine rings is 1. The molecule has 3 rings (SSSR count). The SMILES string of the molecule is COc1ccccc1CCNc1ccc(C(=O)Nc2cccc(F)c2)cn1. The van der Waals surface area contributed by atoms with E-state index >= 15 is 0 Å². The van der Waals surface area contributed by atoms with Crippen LogP contribution in [0.3, 0.4) is 0 Å². The Morgan fingerprint density at radius 1 is 1.11 bits per heavy atom. The molecule has 2 aromatic carbocycles. The lowest BCUT2D eigenvalue weighted by Gasteiger charge is -2.10. The Balaban J connectivity index is 1.54. The number of nitrogens with one attached hydrogen (secondary N) is 2. The van der Waals surface area contributed by atoms with Gasteiger partial charge in [0.25, 0.3) is 5.91 Å². The molecule has 0 aliphatic carbocycles. The molecule has 0 saturated heterocycles. The van der Waals surface area contributed by atoms with Crippen LogP contribution in [0.1, 0.15) is 15.9 Å². The molecule has 1 amide bonds. The number of hydrogen-bond donors (Lipinski definition) is 2. The van der Waals surface area contributed by atoms with E-state index in [9.17, 15) is 9.18 Å². The van der Waals surface area contributed by atoms with Crippen LogP contribution in [-0.4, -0.2) is 24.5 Å². The summed E-state index contributed by atoms with van der Waals surface area (Å²) in [6.45, 7) is 0.683. The number of amides is 1. The van der Waals surface area contributed by atoms with E-state index in [1.165, 1.54) is 24.4 Å². The highest BCUT2D eigenvalue weighted by atomic mass is 19.1. The third kappa shape index (κ3) is 5.04. The zero-order valence-corrected chi connectivity index (χ0v) is 14.9. The first kappa shape index (κ1) is 18.4. The second kappa shape index (κ2) is 8.80. The minimum absolute atomic E-state index is 0.339. The van der Waals surface area contributed by atoms with Gasteiger partial charge in [0.1, 0.15) is 17.4 Å². The summed E-state index contributed by atoms with van der Waals surface area (Å²) in [5, 5.41) is 5.86. The number of rotatable bonds is 7. The van der Waals surface area contributed by atoms with E-state index in [0.717, 1.165) is 17.7 Å². The summed E-state index contributed by atoms with van der Waals surface area (Å²) in [6, 6.07) is 17.0. The highest BCUT2D eigenvalue weighted by Crippen LogP contribution is 2.18. The average Bonchev–Trinajstić information content (AvgIpc) is 2.69. The van der Waals surface area contributed by atoms with Gasteiger partial charge in [-0.25, -0.2) is 9.37 Å². The first-order valence-corrected chi connectivity index (χ1v) is 8.54. The van der Waals surface area contributed by atoms with Gasteiger partial charge in [0.05, 0.1) is 12.7 Å². The minimum Gasteiger partial charge on any atom is -0.496 e. The summed E-state index contributed by atoms with van der Waals surface area (Å²) >= 11 is 0. The molecule has 27 heavy (non-hydrogen) atoms. The number of ether oxygens (including phenoxy) is 1. The molecule has 0 aliphatic rings. The quantitative estimate of drug-likeness (QED) is 0.661. The fraction of sp³-hybridized carbons (Fsp3) is 0.143. The predicted octanol–water partition coefficient (Wildman–Crippen LogP) is 4.14. The Morgan fingerprint density at radius 3 is 2.70 bits per heavy atom. The van der Waals surface area contributed by atoms with Crippen molar-refractivity contribution in [2.45, 2.75) is 6.42 Å². The minimum atomic E-state index is -0.402. The molecular formula is C21H20FN3O2. The van der Waals surface area contributed by atoms with Gasteiger partial charge in [-0.1, -0.05) is 24.3 Å². The molecule has 0 aliphatic heterocycles. The largest absolute Gasteiger partial charge is 0.496 e. The molecule has 5 nitrogen and oxygen atoms in total. The van der Waals surface area contributed by atoms with Gasteiger partial charge in [-0.3, -0.25) is 4.79 Å². The van der Waals surface area contributed by atoms with E-state index in [1.54, 1.807) is 25.3 Å². The van der Waals surface area contributed by atoms with E-state index in [-0.39, 0.29) is 5.91 Å². The number of carbonyl (C=O) groups excluding carboxylic acids is 1. The van der Waals surface area contributed by atoms with Gasteiger partial charge in [-0.2, -0.15) is 0 Å². The Morgan fingerprint density at radius 2 is 1.96 bits per heavy atom. The number of nitrogens with zero attached hydrogens (tertiary/aromatic N) is 1. The maximum Gasteiger partial charge on any atom is 0.257 e. The number of aromatic nitrogens is 1. The molecule has 6 heteroatoms. The number of methoxy groups -OCH3 is 1. The highest BCUT2D eigenvalue weighted by Gasteiger charge is 2.07. The third-order valence-electron chi connectivity index (χ3n) is 4.00. The number of para-hydroxylation sites is 1. The van der Waals surface area contributed by atoms with E-state index in [4.69, 9.17) is 4.74 Å². The van der Waals surface area contributed by atoms with Crippen LogP contribution < -0.4 is 15.4 Å². The zero-order chi connectivity index (χ0) is 19.1. The Bertz CT molecular complexity index is 913. The van der Waals surface area contributed by atoms with Crippen molar-refractivity contribution in [3.05, 3.63) is 83.8 Å². The predicted molar refractivity (Wildman–Crippen MR) is 104 cm³/mol. The van der Waals surface area contributed by atoms with Crippen LogP contribution in [0.2, 0.25) is 0 Å². The van der Waals surface area contributed by atoms with Crippen molar-refractivity contribution in [2.75, 3.05) is 24.3 Å². The van der Waals surface area contributed by atoms with Crippen LogP contribution in [0.5, 0.6) is 5.75 Å². The van der Waals surface area contributed by atoms with Crippen LogP contribution in [0.25, 0.3) is 0 Å². The van der Waals surface area contributed by atoms with Crippen LogP contribution in [0.15, 0.2) is 66.9 Å². The van der Waals surface area contributed by atoms with Gasteiger partial charge in [-0.15, -0.1) is 0 Å². The van der Waals surface area contributed by atoms with Crippen LogP contribution in [-0.2, 0) is 6.42 Å². The summed E-state index contributed by atoms with van der Waals surface area (Å²) in [4.78, 5) is 16.5. The number of hydrogen-bond acceptors (Lipinski definition) is 4. The smallest absolute Gasteiger partial charge is 0.257 e. The number of benzene rings is 2. The van der Waals surface area contributed by atoms with Crippen molar-refractivity contribution in [2.24, 2.45) is 0 Å². The summed E-state index contributed by atoms with van der Waals surface area (Å²) < 4.78 is 18.5. The van der Waals surface area contributed by atoms with Crippen LogP contribution in [0, 0.1) is 5.82 Å². The fourth-order valence-electron chi connectivity index (χ4n) is 2.64. The van der Waals surface area contributed by atoms with E-state index in [1.807, 2.05) is 24.3 Å². The Kier molecular flexibility index (Phi) is 5.99. The molecule has 0 radical (unpaired) electrons. The summed E-state index contributed by atoms with van der Waals surface area (Å²) in [6.07, 6.45) is 2.27. The van der Waals surface area contributed by atoms with Gasteiger partial charge in [-0.05, 0) is 48.4 Å². The molecule has 138 valence electrons. The second-order valence-electron chi connectivity index (χ2n) is 5.89. The Hall–Kier alpha value is -3.41. The van der Waals surface area contributed by atoms with Crippen molar-refractivity contribution < 1.29 is 13.9 Å². The summed E-state index contributed by atoms with van der Waals surface area (Å²) in [5.74, 6) is 0.790. The van der Waals surface area contributed by atoms with Gasteiger partial charge >= 0.3 is 0 Å². The van der Waals surface area contributed by atoms with Crippen molar-refractivity contribution >= 4 is 17.4 Å². The molecule has 0 fully saturated rings. The maximum atomic E-state index is 13.2. The molecular weight excluding hydrogens is 345 g/mol. The third-order valence-corrected chi connectivity index (χ3v) is 4.00. The normalized spacial score (nSPS) is 10.3. The highest BCUT2D eigenvalue weighted by molar-refractivity contribution is 6.04. The molecule has 0 bridgehead atoms. The molecule has 1 aromatic heterocycles. The topological polar surface area (TPSA) is 63.2 Å². The van der Waals surface area contributed by atoms with Crippen molar-refractivity contribution in [3.8, 4) is 5.75 Å². The lowest BCUT2D eigenvalue weighted by atomic mass is 10.1. The molecule has 0 unspecified atom stereocenters. The van der Waals surface area contributed by atoms with Gasteiger partial charge in [0, 0.05) is 18.4 Å². The lowest BCUT2D eigenvalue weighted by Crippen LogP contribution is -2.13. The summed E-state index contributed by atoms with van der Waals surface area (Å²) in [7, 11) is 1.65. The van der Waals surface area contributed by atoms with E-state index in [0.29, 0.717) is 23.6 Å². The van der Waals surface area contributed by atoms with Gasteiger partial charge in [0.2, 0.25) is 0 Å². The summed E-state index contributed by atoms with van der Waals surface area (Å²) in [5.41, 5.74) is 1.91. The number of anilines is 2. The molecule has 3 aromatic rings. The molecule has 0 spiro atoms. The lowest BCUT2D eigenvalue weighted by molar-refractivity contribution is 0.102. The van der Waals surface area contributed by atoms with Gasteiger partial charge in [0.15, 0.2) is 0 Å². The fourth-order valence-corrected chi connectivity index (χ4v) is 2.64. The molecule has 1 heterocycles. The van der Waals surface area contributed by atoms with Crippen LogP contribution >= 0.6 is 0 Å². The molecule has 0 saturated carbocycles. The van der Waals surface area contributed by atoms with Crippen molar-refractivity contribution in [1.82, 2.24) is 4.98 Å².